The molecule has 0 aliphatic carbocycles. The Labute approximate surface area is 214 Å². The highest BCUT2D eigenvalue weighted by atomic mass is 16.4. The van der Waals surface area contributed by atoms with E-state index < -0.39 is 53.8 Å². The minimum Gasteiger partial charge on any atom is -0.480 e. The molecular formula is C20H39N11O6. The van der Waals surface area contributed by atoms with Crippen LogP contribution in [0.15, 0.2) is 9.98 Å². The summed E-state index contributed by atoms with van der Waals surface area (Å²) in [5.74, 6) is -4.37. The number of amides is 4. The Bertz CT molecular complexity index is 856. The van der Waals surface area contributed by atoms with Gasteiger partial charge in [0, 0.05) is 19.5 Å². The Morgan fingerprint density at radius 1 is 0.730 bits per heavy atom. The number of rotatable bonds is 18. The fraction of sp³-hybridized carbons (Fsp3) is 0.650. The molecule has 0 bridgehead atoms. The Morgan fingerprint density at radius 2 is 1.22 bits per heavy atom. The third-order valence-corrected chi connectivity index (χ3v) is 4.93. The zero-order valence-electron chi connectivity index (χ0n) is 20.8. The van der Waals surface area contributed by atoms with Crippen LogP contribution in [0.2, 0.25) is 0 Å². The summed E-state index contributed by atoms with van der Waals surface area (Å²) in [7, 11) is 0. The number of primary amides is 1. The zero-order chi connectivity index (χ0) is 28.5. The van der Waals surface area contributed by atoms with Crippen LogP contribution in [-0.4, -0.2) is 83.9 Å². The molecule has 0 aromatic carbocycles. The number of nitrogens with one attached hydrogen (secondary N) is 3. The Kier molecular flexibility index (Phi) is 15.4. The first-order valence-corrected chi connectivity index (χ1v) is 11.5. The maximum absolute atomic E-state index is 12.8. The first kappa shape index (κ1) is 32.9. The van der Waals surface area contributed by atoms with Gasteiger partial charge in [-0.25, -0.2) is 4.79 Å². The summed E-state index contributed by atoms with van der Waals surface area (Å²) in [6.07, 6.45) is 0.574. The van der Waals surface area contributed by atoms with Gasteiger partial charge in [-0.1, -0.05) is 0 Å². The van der Waals surface area contributed by atoms with E-state index in [4.69, 9.17) is 34.4 Å². The summed E-state index contributed by atoms with van der Waals surface area (Å²) in [5.41, 5.74) is 31.8. The van der Waals surface area contributed by atoms with Crippen LogP contribution in [-0.2, 0) is 24.0 Å². The second kappa shape index (κ2) is 17.3. The van der Waals surface area contributed by atoms with Gasteiger partial charge in [-0.15, -0.1) is 0 Å². The number of carbonyl (C=O) groups excluding carboxylic acids is 4. The third kappa shape index (κ3) is 15.5. The number of hydrogen-bond donors (Lipinski definition) is 10. The number of aliphatic imine (C=N–C) groups is 2. The lowest BCUT2D eigenvalue weighted by Crippen LogP contribution is -2.56. The Morgan fingerprint density at radius 3 is 1.68 bits per heavy atom. The predicted molar refractivity (Wildman–Crippen MR) is 135 cm³/mol. The van der Waals surface area contributed by atoms with Gasteiger partial charge in [-0.2, -0.15) is 0 Å². The normalized spacial score (nSPS) is 13.7. The van der Waals surface area contributed by atoms with E-state index in [0.29, 0.717) is 6.42 Å². The molecule has 37 heavy (non-hydrogen) atoms. The molecule has 0 rings (SSSR count). The summed E-state index contributed by atoms with van der Waals surface area (Å²) < 4.78 is 0. The molecule has 4 amide bonds. The maximum Gasteiger partial charge on any atom is 0.326 e. The Hall–Kier alpha value is -4.15. The molecule has 17 nitrogen and oxygen atoms in total. The van der Waals surface area contributed by atoms with Crippen molar-refractivity contribution in [3.8, 4) is 0 Å². The summed E-state index contributed by atoms with van der Waals surface area (Å²) in [6.45, 7) is 1.70. The number of nitrogens with zero attached hydrogens (tertiary/aromatic N) is 2. The lowest BCUT2D eigenvalue weighted by Gasteiger charge is -2.23. The number of nitrogens with two attached hydrogens (primary N) is 6. The van der Waals surface area contributed by atoms with Gasteiger partial charge < -0.3 is 55.5 Å². The average Bonchev–Trinajstić information content (AvgIpc) is 2.80. The molecule has 0 aromatic rings. The lowest BCUT2D eigenvalue weighted by molar-refractivity contribution is -0.142. The molecule has 0 aliphatic heterocycles. The van der Waals surface area contributed by atoms with E-state index in [1.807, 2.05) is 0 Å². The predicted octanol–water partition coefficient (Wildman–Crippen LogP) is -4.75. The highest BCUT2D eigenvalue weighted by molar-refractivity contribution is 5.94. The van der Waals surface area contributed by atoms with E-state index in [2.05, 4.69) is 25.9 Å². The fourth-order valence-electron chi connectivity index (χ4n) is 2.92. The second-order valence-corrected chi connectivity index (χ2v) is 8.20. The minimum atomic E-state index is -1.27. The largest absolute Gasteiger partial charge is 0.480 e. The summed E-state index contributed by atoms with van der Waals surface area (Å²) >= 11 is 0. The van der Waals surface area contributed by atoms with Gasteiger partial charge in [0.25, 0.3) is 0 Å². The number of hydrogen-bond acceptors (Lipinski definition) is 8. The van der Waals surface area contributed by atoms with Crippen molar-refractivity contribution in [1.29, 1.82) is 0 Å². The SMILES string of the molecule is CC(NC(=O)C(CCCN=C(N)N)NC(=O)C(N)CCC(N)=O)C(=O)NC(CCCN=C(N)N)C(=O)O. The smallest absolute Gasteiger partial charge is 0.326 e. The number of aliphatic carboxylic acids is 1. The van der Waals surface area contributed by atoms with Gasteiger partial charge in [0.15, 0.2) is 11.9 Å². The highest BCUT2D eigenvalue weighted by Gasteiger charge is 2.28. The molecule has 0 aromatic heterocycles. The van der Waals surface area contributed by atoms with Crippen LogP contribution in [0.4, 0.5) is 0 Å². The summed E-state index contributed by atoms with van der Waals surface area (Å²) in [4.78, 5) is 67.8. The van der Waals surface area contributed by atoms with Gasteiger partial charge in [-0.05, 0) is 39.0 Å². The maximum atomic E-state index is 12.8. The van der Waals surface area contributed by atoms with Gasteiger partial charge in [0.2, 0.25) is 23.6 Å². The van der Waals surface area contributed by atoms with Crippen molar-refractivity contribution < 1.29 is 29.1 Å². The van der Waals surface area contributed by atoms with E-state index in [1.165, 1.54) is 6.92 Å². The molecule has 0 saturated heterocycles. The molecule has 16 N–H and O–H groups in total. The van der Waals surface area contributed by atoms with Crippen molar-refractivity contribution in [1.82, 2.24) is 16.0 Å². The zero-order valence-corrected chi connectivity index (χ0v) is 20.8. The molecule has 0 radical (unpaired) electrons. The number of carboxylic acid groups (broad SMARTS) is 1. The standard InChI is InChI=1S/C20H39N11O6/c1-10(15(33)31-13(18(36)37)5-3-9-28-20(25)26)29-17(35)12(4-2-8-27-19(23)24)30-16(34)11(21)6-7-14(22)32/h10-13H,2-9,21H2,1H3,(H2,22,32)(H,29,35)(H,30,34)(H,31,33)(H,36,37)(H4,23,24,27)(H4,25,26,28). The molecule has 17 heteroatoms. The molecule has 0 aliphatic rings. The number of carbonyl (C=O) groups is 5. The van der Waals surface area contributed by atoms with Crippen LogP contribution in [0.25, 0.3) is 0 Å². The van der Waals surface area contributed by atoms with E-state index in [0.717, 1.165) is 0 Å². The van der Waals surface area contributed by atoms with Crippen LogP contribution in [0.3, 0.4) is 0 Å². The summed E-state index contributed by atoms with van der Waals surface area (Å²) in [5, 5.41) is 16.6. The van der Waals surface area contributed by atoms with Crippen molar-refractivity contribution in [3.63, 3.8) is 0 Å². The first-order chi connectivity index (χ1) is 17.2. The molecule has 0 saturated carbocycles. The third-order valence-electron chi connectivity index (χ3n) is 4.93. The van der Waals surface area contributed by atoms with Gasteiger partial charge in [0.05, 0.1) is 6.04 Å². The van der Waals surface area contributed by atoms with Crippen LogP contribution in [0, 0.1) is 0 Å². The van der Waals surface area contributed by atoms with Crippen molar-refractivity contribution >= 4 is 41.5 Å². The van der Waals surface area contributed by atoms with Gasteiger partial charge in [-0.3, -0.25) is 29.2 Å². The topological polar surface area (TPSA) is 323 Å². The van der Waals surface area contributed by atoms with E-state index in [1.54, 1.807) is 0 Å². The molecule has 4 unspecified atom stereocenters. The highest BCUT2D eigenvalue weighted by Crippen LogP contribution is 2.04. The average molecular weight is 530 g/mol. The van der Waals surface area contributed by atoms with Crippen molar-refractivity contribution in [2.45, 2.75) is 69.6 Å². The quantitative estimate of drug-likeness (QED) is 0.0456. The number of carboxylic acids is 1. The second-order valence-electron chi connectivity index (χ2n) is 8.20. The fourth-order valence-corrected chi connectivity index (χ4v) is 2.92. The van der Waals surface area contributed by atoms with Crippen LogP contribution in [0.5, 0.6) is 0 Å². The molecule has 0 heterocycles. The van der Waals surface area contributed by atoms with Crippen molar-refractivity contribution in [2.24, 2.45) is 44.4 Å². The molecular weight excluding hydrogens is 490 g/mol. The molecule has 210 valence electrons. The van der Waals surface area contributed by atoms with Crippen LogP contribution in [0.1, 0.15) is 45.4 Å². The van der Waals surface area contributed by atoms with E-state index >= 15 is 0 Å². The van der Waals surface area contributed by atoms with Gasteiger partial charge in [0.1, 0.15) is 18.1 Å². The molecule has 0 spiro atoms. The van der Waals surface area contributed by atoms with Crippen molar-refractivity contribution in [3.05, 3.63) is 0 Å². The summed E-state index contributed by atoms with van der Waals surface area (Å²) in [6, 6.07) is -4.60. The molecule has 4 atom stereocenters. The van der Waals surface area contributed by atoms with Crippen LogP contribution >= 0.6 is 0 Å². The lowest BCUT2D eigenvalue weighted by atomic mass is 10.1. The van der Waals surface area contributed by atoms with Gasteiger partial charge >= 0.3 is 5.97 Å². The Balaban J connectivity index is 5.18. The molecule has 0 fully saturated rings. The van der Waals surface area contributed by atoms with E-state index in [9.17, 15) is 29.1 Å². The van der Waals surface area contributed by atoms with Crippen LogP contribution < -0.4 is 50.4 Å². The monoisotopic (exact) mass is 529 g/mol. The van der Waals surface area contributed by atoms with Crippen molar-refractivity contribution in [2.75, 3.05) is 13.1 Å². The van der Waals surface area contributed by atoms with E-state index in [-0.39, 0.29) is 57.1 Å². The first-order valence-electron chi connectivity index (χ1n) is 11.5. The minimum absolute atomic E-state index is 0.0257. The number of guanidine groups is 2.